The lowest BCUT2D eigenvalue weighted by Gasteiger charge is -2.36. The van der Waals surface area contributed by atoms with E-state index in [0.717, 1.165) is 17.7 Å². The van der Waals surface area contributed by atoms with Gasteiger partial charge in [0.15, 0.2) is 17.7 Å². The summed E-state index contributed by atoms with van der Waals surface area (Å²) in [5, 5.41) is 0. The number of nitrogens with zero attached hydrogens (tertiary/aromatic N) is 4. The second-order valence-corrected chi connectivity index (χ2v) is 6.95. The summed E-state index contributed by atoms with van der Waals surface area (Å²) in [5.41, 5.74) is 2.09. The number of ether oxygens (including phenoxy) is 2. The summed E-state index contributed by atoms with van der Waals surface area (Å²) in [6, 6.07) is 6.11. The molecule has 3 heterocycles. The normalized spacial score (nSPS) is 17.8. The molecule has 1 atom stereocenters. The summed E-state index contributed by atoms with van der Waals surface area (Å²) in [7, 11) is 0. The highest BCUT2D eigenvalue weighted by Gasteiger charge is 2.28. The maximum atomic E-state index is 13.7. The Labute approximate surface area is 163 Å². The third kappa shape index (κ3) is 3.91. The minimum absolute atomic E-state index is 0.0911. The fraction of sp³-hybridized carbons (Fsp3) is 0.450. The highest BCUT2D eigenvalue weighted by molar-refractivity contribution is 5.81. The van der Waals surface area contributed by atoms with Crippen molar-refractivity contribution in [3.05, 3.63) is 47.5 Å². The molecular weight excluding hydrogens is 363 g/mol. The van der Waals surface area contributed by atoms with Crippen LogP contribution < -0.4 is 9.64 Å². The van der Waals surface area contributed by atoms with Gasteiger partial charge in [-0.25, -0.2) is 14.4 Å². The Hall–Kier alpha value is -2.74. The van der Waals surface area contributed by atoms with Crippen molar-refractivity contribution < 1.29 is 18.7 Å². The van der Waals surface area contributed by atoms with Crippen molar-refractivity contribution in [3.8, 4) is 5.75 Å². The molecule has 2 aromatic rings. The van der Waals surface area contributed by atoms with Gasteiger partial charge in [0.2, 0.25) is 5.95 Å². The Morgan fingerprint density at radius 1 is 1.25 bits per heavy atom. The minimum atomic E-state index is -0.747. The molecule has 8 heteroatoms. The van der Waals surface area contributed by atoms with E-state index in [1.807, 2.05) is 6.20 Å². The van der Waals surface area contributed by atoms with Gasteiger partial charge >= 0.3 is 0 Å². The Kier molecular flexibility index (Phi) is 5.38. The summed E-state index contributed by atoms with van der Waals surface area (Å²) in [5.74, 6) is 0.171. The lowest BCUT2D eigenvalue weighted by atomic mass is 10.1. The summed E-state index contributed by atoms with van der Waals surface area (Å²) in [6.45, 7) is 5.29. The third-order valence-electron chi connectivity index (χ3n) is 5.04. The van der Waals surface area contributed by atoms with E-state index in [2.05, 4.69) is 14.9 Å². The average molecular weight is 386 g/mol. The van der Waals surface area contributed by atoms with E-state index < -0.39 is 11.9 Å². The van der Waals surface area contributed by atoms with Gasteiger partial charge in [0.1, 0.15) is 0 Å². The first-order chi connectivity index (χ1) is 13.6. The molecule has 1 amide bonds. The van der Waals surface area contributed by atoms with Gasteiger partial charge in [0.25, 0.3) is 5.91 Å². The van der Waals surface area contributed by atoms with Gasteiger partial charge in [0.05, 0.1) is 18.9 Å². The molecule has 148 valence electrons. The molecule has 0 saturated carbocycles. The molecule has 0 bridgehead atoms. The predicted molar refractivity (Wildman–Crippen MR) is 101 cm³/mol. The van der Waals surface area contributed by atoms with Crippen LogP contribution >= 0.6 is 0 Å². The number of hydrogen-bond acceptors (Lipinski definition) is 6. The van der Waals surface area contributed by atoms with E-state index in [9.17, 15) is 9.18 Å². The van der Waals surface area contributed by atoms with Crippen molar-refractivity contribution in [2.24, 2.45) is 0 Å². The van der Waals surface area contributed by atoms with Crippen LogP contribution in [0, 0.1) is 5.82 Å². The summed E-state index contributed by atoms with van der Waals surface area (Å²) in [6.07, 6.45) is 1.89. The first kappa shape index (κ1) is 18.6. The van der Waals surface area contributed by atoms with Crippen LogP contribution in [0.25, 0.3) is 0 Å². The molecule has 0 aliphatic carbocycles. The Morgan fingerprint density at radius 3 is 2.82 bits per heavy atom. The predicted octanol–water partition coefficient (Wildman–Crippen LogP) is 1.80. The van der Waals surface area contributed by atoms with Crippen LogP contribution in [0.4, 0.5) is 10.3 Å². The Balaban J connectivity index is 1.34. The summed E-state index contributed by atoms with van der Waals surface area (Å²) >= 11 is 0. The van der Waals surface area contributed by atoms with Crippen molar-refractivity contribution in [1.82, 2.24) is 14.9 Å². The number of piperazine rings is 1. The molecule has 0 spiro atoms. The van der Waals surface area contributed by atoms with Crippen LogP contribution in [0.3, 0.4) is 0 Å². The zero-order valence-electron chi connectivity index (χ0n) is 15.8. The number of para-hydroxylation sites is 1. The highest BCUT2D eigenvalue weighted by atomic mass is 19.1. The number of rotatable bonds is 4. The van der Waals surface area contributed by atoms with Crippen molar-refractivity contribution in [2.75, 3.05) is 37.7 Å². The van der Waals surface area contributed by atoms with E-state index in [1.54, 1.807) is 24.0 Å². The van der Waals surface area contributed by atoms with Crippen LogP contribution in [0.1, 0.15) is 18.2 Å². The Morgan fingerprint density at radius 2 is 2.04 bits per heavy atom. The molecule has 0 radical (unpaired) electrons. The van der Waals surface area contributed by atoms with Gasteiger partial charge in [-0.1, -0.05) is 12.1 Å². The SMILES string of the molecule is CC(Oc1ccccc1F)C(=O)N1CCN(c2ncc3c(n2)CCOC3)CC1. The summed E-state index contributed by atoms with van der Waals surface area (Å²) in [4.78, 5) is 25.6. The van der Waals surface area contributed by atoms with Gasteiger partial charge in [-0.05, 0) is 19.1 Å². The molecule has 1 aromatic carbocycles. The van der Waals surface area contributed by atoms with Gasteiger partial charge in [0, 0.05) is 44.4 Å². The van der Waals surface area contributed by atoms with Crippen molar-refractivity contribution in [1.29, 1.82) is 0 Å². The smallest absolute Gasteiger partial charge is 0.263 e. The van der Waals surface area contributed by atoms with Crippen molar-refractivity contribution >= 4 is 11.9 Å². The maximum Gasteiger partial charge on any atom is 0.263 e. The number of amides is 1. The molecule has 28 heavy (non-hydrogen) atoms. The number of carbonyl (C=O) groups excluding carboxylic acids is 1. The minimum Gasteiger partial charge on any atom is -0.478 e. The van der Waals surface area contributed by atoms with Crippen LogP contribution in [0.2, 0.25) is 0 Å². The van der Waals surface area contributed by atoms with E-state index in [1.165, 1.54) is 12.1 Å². The quantitative estimate of drug-likeness (QED) is 0.798. The van der Waals surface area contributed by atoms with Crippen molar-refractivity contribution in [2.45, 2.75) is 26.1 Å². The molecule has 1 unspecified atom stereocenters. The van der Waals surface area contributed by atoms with Crippen LogP contribution in [-0.4, -0.2) is 59.7 Å². The standard InChI is InChI=1S/C20H23FN4O3/c1-14(28-18-5-3-2-4-16(18)21)19(26)24-7-9-25(10-8-24)20-22-12-15-13-27-11-6-17(15)23-20/h2-5,12,14H,6-11,13H2,1H3. The molecule has 2 aliphatic rings. The number of anilines is 1. The molecule has 1 aromatic heterocycles. The number of hydrogen-bond donors (Lipinski definition) is 0. The van der Waals surface area contributed by atoms with E-state index in [-0.39, 0.29) is 11.7 Å². The van der Waals surface area contributed by atoms with Gasteiger partial charge in [-0.2, -0.15) is 0 Å². The van der Waals surface area contributed by atoms with Crippen LogP contribution in [0.5, 0.6) is 5.75 Å². The fourth-order valence-corrected chi connectivity index (χ4v) is 3.44. The molecule has 0 N–H and O–H groups in total. The second-order valence-electron chi connectivity index (χ2n) is 6.95. The van der Waals surface area contributed by atoms with E-state index >= 15 is 0 Å². The molecule has 4 rings (SSSR count). The van der Waals surface area contributed by atoms with E-state index in [0.29, 0.717) is 45.3 Å². The summed E-state index contributed by atoms with van der Waals surface area (Å²) < 4.78 is 24.7. The monoisotopic (exact) mass is 386 g/mol. The fourth-order valence-electron chi connectivity index (χ4n) is 3.44. The zero-order valence-corrected chi connectivity index (χ0v) is 15.8. The third-order valence-corrected chi connectivity index (χ3v) is 5.04. The molecule has 1 fully saturated rings. The maximum absolute atomic E-state index is 13.7. The number of aromatic nitrogens is 2. The number of fused-ring (bicyclic) bond motifs is 1. The van der Waals surface area contributed by atoms with Crippen LogP contribution in [0.15, 0.2) is 30.5 Å². The second kappa shape index (κ2) is 8.10. The van der Waals surface area contributed by atoms with Gasteiger partial charge in [-0.15, -0.1) is 0 Å². The van der Waals surface area contributed by atoms with Crippen LogP contribution in [-0.2, 0) is 22.6 Å². The number of halogens is 1. The first-order valence-electron chi connectivity index (χ1n) is 9.49. The lowest BCUT2D eigenvalue weighted by Crippen LogP contribution is -2.52. The largest absolute Gasteiger partial charge is 0.478 e. The number of benzene rings is 1. The topological polar surface area (TPSA) is 67.8 Å². The highest BCUT2D eigenvalue weighted by Crippen LogP contribution is 2.20. The average Bonchev–Trinajstić information content (AvgIpc) is 2.74. The molecule has 1 saturated heterocycles. The molecular formula is C20H23FN4O3. The molecule has 7 nitrogen and oxygen atoms in total. The van der Waals surface area contributed by atoms with Gasteiger partial charge < -0.3 is 19.3 Å². The number of carbonyl (C=O) groups is 1. The first-order valence-corrected chi connectivity index (χ1v) is 9.49. The van der Waals surface area contributed by atoms with Crippen molar-refractivity contribution in [3.63, 3.8) is 0 Å². The van der Waals surface area contributed by atoms with E-state index in [4.69, 9.17) is 9.47 Å². The Bertz CT molecular complexity index is 855. The van der Waals surface area contributed by atoms with Gasteiger partial charge in [-0.3, -0.25) is 4.79 Å². The lowest BCUT2D eigenvalue weighted by molar-refractivity contribution is -0.138. The zero-order chi connectivity index (χ0) is 19.5. The molecule has 2 aliphatic heterocycles.